The van der Waals surface area contributed by atoms with Gasteiger partial charge in [-0.15, -0.1) is 0 Å². The van der Waals surface area contributed by atoms with E-state index >= 15 is 0 Å². The second kappa shape index (κ2) is 8.08. The molecule has 0 aromatic heterocycles. The fraction of sp³-hybridized carbons (Fsp3) is 0.933. The number of carbonyl (C=O) groups is 1. The van der Waals surface area contributed by atoms with Crippen molar-refractivity contribution >= 4 is 5.97 Å². The molecular weight excluding hydrogens is 272 g/mol. The number of carbonyl (C=O) groups excluding carboxylic acids is 1. The van der Waals surface area contributed by atoms with Crippen molar-refractivity contribution in [2.45, 2.75) is 38.5 Å². The Balaban J connectivity index is 1.78. The Labute approximate surface area is 127 Å². The molecule has 0 radical (unpaired) electrons. The minimum Gasteiger partial charge on any atom is -0.469 e. The summed E-state index contributed by atoms with van der Waals surface area (Å²) >= 11 is 0. The van der Waals surface area contributed by atoms with Crippen molar-refractivity contribution in [1.29, 1.82) is 0 Å². The maximum Gasteiger partial charge on any atom is 0.308 e. The van der Waals surface area contributed by atoms with Crippen molar-refractivity contribution in [2.75, 3.05) is 53.0 Å². The fourth-order valence-corrected chi connectivity index (χ4v) is 2.95. The minimum atomic E-state index is -0.207. The number of hydrogen-bond donors (Lipinski definition) is 0. The van der Waals surface area contributed by atoms with Crippen LogP contribution in [-0.2, 0) is 19.0 Å². The zero-order valence-electron chi connectivity index (χ0n) is 13.4. The van der Waals surface area contributed by atoms with E-state index < -0.39 is 0 Å². The summed E-state index contributed by atoms with van der Waals surface area (Å²) in [5, 5.41) is 0. The molecule has 2 rings (SSSR count). The van der Waals surface area contributed by atoms with E-state index in [4.69, 9.17) is 14.2 Å². The molecule has 2 aliphatic rings. The molecule has 21 heavy (non-hydrogen) atoms. The number of ether oxygens (including phenoxy) is 3. The average molecular weight is 300 g/mol. The van der Waals surface area contributed by atoms with Crippen LogP contribution in [0.4, 0.5) is 0 Å². The highest BCUT2D eigenvalue weighted by Crippen LogP contribution is 2.14. The molecule has 6 nitrogen and oxygen atoms in total. The topological polar surface area (TPSA) is 51.2 Å². The highest BCUT2D eigenvalue weighted by molar-refractivity contribution is 5.69. The van der Waals surface area contributed by atoms with Gasteiger partial charge >= 0.3 is 5.97 Å². The quantitative estimate of drug-likeness (QED) is 0.683. The van der Waals surface area contributed by atoms with Gasteiger partial charge in [-0.1, -0.05) is 0 Å². The second-order valence-electron chi connectivity index (χ2n) is 6.11. The molecule has 2 unspecified atom stereocenters. The molecule has 2 aliphatic heterocycles. The summed E-state index contributed by atoms with van der Waals surface area (Å²) < 4.78 is 16.2. The highest BCUT2D eigenvalue weighted by atomic mass is 16.5. The van der Waals surface area contributed by atoms with Crippen LogP contribution in [0.2, 0.25) is 0 Å². The van der Waals surface area contributed by atoms with E-state index in [1.165, 1.54) is 7.11 Å². The molecule has 0 spiro atoms. The molecule has 2 saturated heterocycles. The summed E-state index contributed by atoms with van der Waals surface area (Å²) in [6.07, 6.45) is 0.519. The van der Waals surface area contributed by atoms with Crippen LogP contribution in [-0.4, -0.2) is 87.1 Å². The predicted molar refractivity (Wildman–Crippen MR) is 79.3 cm³/mol. The SMILES string of the molecule is COC(=O)CC1CN(CC2CN(C(C)C)CCO2)CCO1. The highest BCUT2D eigenvalue weighted by Gasteiger charge is 2.28. The Morgan fingerprint density at radius 1 is 1.19 bits per heavy atom. The van der Waals surface area contributed by atoms with Gasteiger partial charge in [-0.25, -0.2) is 0 Å². The molecule has 0 aliphatic carbocycles. The first-order chi connectivity index (χ1) is 10.1. The number of morpholine rings is 2. The first kappa shape index (κ1) is 16.7. The van der Waals surface area contributed by atoms with E-state index in [1.807, 2.05) is 0 Å². The molecule has 0 N–H and O–H groups in total. The molecule has 6 heteroatoms. The molecule has 2 heterocycles. The lowest BCUT2D eigenvalue weighted by molar-refractivity contribution is -0.146. The zero-order chi connectivity index (χ0) is 15.2. The Bertz CT molecular complexity index is 338. The number of hydrogen-bond acceptors (Lipinski definition) is 6. The Hall–Kier alpha value is -0.690. The van der Waals surface area contributed by atoms with Gasteiger partial charge in [-0.2, -0.15) is 0 Å². The van der Waals surface area contributed by atoms with Gasteiger partial charge in [0, 0.05) is 38.8 Å². The van der Waals surface area contributed by atoms with Gasteiger partial charge in [-0.05, 0) is 13.8 Å². The summed E-state index contributed by atoms with van der Waals surface area (Å²) in [6.45, 7) is 10.5. The minimum absolute atomic E-state index is 0.0593. The molecule has 0 amide bonds. The van der Waals surface area contributed by atoms with Gasteiger partial charge in [0.2, 0.25) is 0 Å². The molecular formula is C15H28N2O4. The number of esters is 1. The first-order valence-corrected chi connectivity index (χ1v) is 7.85. The Morgan fingerprint density at radius 2 is 1.90 bits per heavy atom. The maximum atomic E-state index is 11.3. The van der Waals surface area contributed by atoms with Crippen molar-refractivity contribution in [2.24, 2.45) is 0 Å². The average Bonchev–Trinajstić information content (AvgIpc) is 2.47. The van der Waals surface area contributed by atoms with Crippen LogP contribution in [0.5, 0.6) is 0 Å². The Kier molecular flexibility index (Phi) is 6.41. The fourth-order valence-electron chi connectivity index (χ4n) is 2.95. The summed E-state index contributed by atoms with van der Waals surface area (Å²) in [4.78, 5) is 16.1. The predicted octanol–water partition coefficient (Wildman–Crippen LogP) is 0.360. The normalized spacial score (nSPS) is 28.8. The summed E-state index contributed by atoms with van der Waals surface area (Å²) in [6, 6.07) is 0.563. The van der Waals surface area contributed by atoms with E-state index in [1.54, 1.807) is 0 Å². The zero-order valence-corrected chi connectivity index (χ0v) is 13.4. The molecule has 122 valence electrons. The summed E-state index contributed by atoms with van der Waals surface area (Å²) in [5.41, 5.74) is 0. The van der Waals surface area contributed by atoms with E-state index in [0.29, 0.717) is 19.1 Å². The van der Waals surface area contributed by atoms with Crippen LogP contribution in [0.1, 0.15) is 20.3 Å². The molecule has 2 fully saturated rings. The van der Waals surface area contributed by atoms with Crippen LogP contribution in [0.25, 0.3) is 0 Å². The summed E-state index contributed by atoms with van der Waals surface area (Å²) in [7, 11) is 1.42. The van der Waals surface area contributed by atoms with Gasteiger partial charge in [-0.3, -0.25) is 14.6 Å². The number of nitrogens with zero attached hydrogens (tertiary/aromatic N) is 2. The van der Waals surface area contributed by atoms with Gasteiger partial charge < -0.3 is 14.2 Å². The van der Waals surface area contributed by atoms with Crippen LogP contribution in [0.15, 0.2) is 0 Å². The second-order valence-corrected chi connectivity index (χ2v) is 6.11. The molecule has 0 bridgehead atoms. The van der Waals surface area contributed by atoms with Crippen molar-refractivity contribution in [1.82, 2.24) is 9.80 Å². The van der Waals surface area contributed by atoms with Crippen molar-refractivity contribution in [3.05, 3.63) is 0 Å². The van der Waals surface area contributed by atoms with E-state index in [9.17, 15) is 4.79 Å². The number of rotatable bonds is 5. The van der Waals surface area contributed by atoms with Crippen molar-refractivity contribution < 1.29 is 19.0 Å². The largest absolute Gasteiger partial charge is 0.469 e. The lowest BCUT2D eigenvalue weighted by Crippen LogP contribution is -2.52. The molecule has 0 saturated carbocycles. The van der Waals surface area contributed by atoms with Gasteiger partial charge in [0.05, 0.1) is 39.0 Å². The lowest BCUT2D eigenvalue weighted by atomic mass is 10.1. The van der Waals surface area contributed by atoms with Gasteiger partial charge in [0.1, 0.15) is 0 Å². The third-order valence-corrected chi connectivity index (χ3v) is 4.21. The van der Waals surface area contributed by atoms with Crippen LogP contribution >= 0.6 is 0 Å². The van der Waals surface area contributed by atoms with E-state index in [-0.39, 0.29) is 18.2 Å². The van der Waals surface area contributed by atoms with Gasteiger partial charge in [0.15, 0.2) is 0 Å². The monoisotopic (exact) mass is 300 g/mol. The van der Waals surface area contributed by atoms with E-state index in [0.717, 1.165) is 39.3 Å². The van der Waals surface area contributed by atoms with Gasteiger partial charge in [0.25, 0.3) is 0 Å². The van der Waals surface area contributed by atoms with Crippen molar-refractivity contribution in [3.63, 3.8) is 0 Å². The first-order valence-electron chi connectivity index (χ1n) is 7.85. The van der Waals surface area contributed by atoms with E-state index in [2.05, 4.69) is 23.6 Å². The molecule has 2 atom stereocenters. The lowest BCUT2D eigenvalue weighted by Gasteiger charge is -2.39. The van der Waals surface area contributed by atoms with Crippen molar-refractivity contribution in [3.8, 4) is 0 Å². The number of methoxy groups -OCH3 is 1. The summed E-state index contributed by atoms with van der Waals surface area (Å²) in [5.74, 6) is -0.207. The molecule has 0 aromatic rings. The standard InChI is InChI=1S/C15H28N2O4/c1-12(2)17-5-7-21-14(11-17)10-16-4-6-20-13(9-16)8-15(18)19-3/h12-14H,4-11H2,1-3H3. The third kappa shape index (κ3) is 5.21. The Morgan fingerprint density at radius 3 is 2.62 bits per heavy atom. The molecule has 0 aromatic carbocycles. The smallest absolute Gasteiger partial charge is 0.308 e. The van der Waals surface area contributed by atoms with Crippen LogP contribution < -0.4 is 0 Å². The van der Waals surface area contributed by atoms with Crippen LogP contribution in [0.3, 0.4) is 0 Å². The maximum absolute atomic E-state index is 11.3. The van der Waals surface area contributed by atoms with Crippen LogP contribution in [0, 0.1) is 0 Å². The third-order valence-electron chi connectivity index (χ3n) is 4.21.